The number of hydrogen-bond donors (Lipinski definition) is 1. The van der Waals surface area contributed by atoms with Crippen LogP contribution in [-0.2, 0) is 6.54 Å². The van der Waals surface area contributed by atoms with Gasteiger partial charge in [0.2, 0.25) is 0 Å². The van der Waals surface area contributed by atoms with Crippen LogP contribution >= 0.6 is 23.1 Å². The summed E-state index contributed by atoms with van der Waals surface area (Å²) in [5, 5.41) is 26.9. The van der Waals surface area contributed by atoms with Crippen LogP contribution in [0.25, 0.3) is 5.57 Å². The molecular weight excluding hydrogens is 504 g/mol. The zero-order chi connectivity index (χ0) is 25.2. The fourth-order valence-corrected chi connectivity index (χ4v) is 5.85. The van der Waals surface area contributed by atoms with Crippen LogP contribution < -0.4 is 14.5 Å². The summed E-state index contributed by atoms with van der Waals surface area (Å²) in [5.41, 5.74) is 4.02. The van der Waals surface area contributed by atoms with Gasteiger partial charge in [-0.1, -0.05) is 19.6 Å². The summed E-state index contributed by atoms with van der Waals surface area (Å²) in [4.78, 5) is 14.0. The second kappa shape index (κ2) is 11.2. The van der Waals surface area contributed by atoms with Gasteiger partial charge in [-0.3, -0.25) is 0 Å². The SMILES string of the molecule is C.COc1ccc(C2=C(C#N)C(SC)=Nc3c(C=N)c(N4CCN(c5nc(C)cs5)CC4)nn3C2)cc1. The van der Waals surface area contributed by atoms with E-state index in [1.807, 2.05) is 42.1 Å². The van der Waals surface area contributed by atoms with E-state index in [0.29, 0.717) is 28.5 Å². The lowest BCUT2D eigenvalue weighted by atomic mass is 10.0. The first-order valence-corrected chi connectivity index (χ1v) is 13.6. The Morgan fingerprint density at radius 2 is 1.86 bits per heavy atom. The third-order valence-corrected chi connectivity index (χ3v) is 8.02. The lowest BCUT2D eigenvalue weighted by Crippen LogP contribution is -2.47. The molecule has 192 valence electrons. The van der Waals surface area contributed by atoms with E-state index in [1.54, 1.807) is 18.4 Å². The smallest absolute Gasteiger partial charge is 0.185 e. The molecule has 2 aliphatic heterocycles. The lowest BCUT2D eigenvalue weighted by Gasteiger charge is -2.35. The van der Waals surface area contributed by atoms with Crippen molar-refractivity contribution in [2.24, 2.45) is 4.99 Å². The maximum atomic E-state index is 10.1. The molecule has 2 aromatic heterocycles. The van der Waals surface area contributed by atoms with Crippen LogP contribution in [0.5, 0.6) is 5.75 Å². The minimum atomic E-state index is 0. The number of thiazole rings is 1. The molecule has 4 heterocycles. The fourth-order valence-electron chi connectivity index (χ4n) is 4.44. The normalized spacial score (nSPS) is 15.4. The number of allylic oxidation sites excluding steroid dienone is 1. The first-order valence-electron chi connectivity index (χ1n) is 11.5. The number of benzene rings is 1. The summed E-state index contributed by atoms with van der Waals surface area (Å²) in [6.45, 7) is 5.63. The molecule has 0 aliphatic carbocycles. The van der Waals surface area contributed by atoms with Gasteiger partial charge in [-0.15, -0.1) is 23.1 Å². The molecule has 5 rings (SSSR count). The number of piperazine rings is 1. The van der Waals surface area contributed by atoms with E-state index in [1.165, 1.54) is 18.0 Å². The number of thioether (sulfide) groups is 1. The molecule has 0 atom stereocenters. The topological polar surface area (TPSA) is 106 Å². The maximum absolute atomic E-state index is 10.1. The van der Waals surface area contributed by atoms with Crippen molar-refractivity contribution in [1.82, 2.24) is 14.8 Å². The van der Waals surface area contributed by atoms with Gasteiger partial charge in [0.1, 0.15) is 16.9 Å². The van der Waals surface area contributed by atoms with E-state index >= 15 is 0 Å². The number of nitriles is 1. The van der Waals surface area contributed by atoms with Crippen LogP contribution in [0.15, 0.2) is 40.2 Å². The summed E-state index contributed by atoms with van der Waals surface area (Å²) in [6.07, 6.45) is 3.25. The summed E-state index contributed by atoms with van der Waals surface area (Å²) in [7, 11) is 1.63. The molecule has 1 saturated heterocycles. The maximum Gasteiger partial charge on any atom is 0.185 e. The molecule has 1 N–H and O–H groups in total. The number of aryl methyl sites for hydroxylation is 1. The third-order valence-electron chi connectivity index (χ3n) is 6.32. The van der Waals surface area contributed by atoms with Gasteiger partial charge in [0.05, 0.1) is 30.5 Å². The number of anilines is 2. The van der Waals surface area contributed by atoms with Crippen molar-refractivity contribution < 1.29 is 4.74 Å². The van der Waals surface area contributed by atoms with Gasteiger partial charge in [0.25, 0.3) is 0 Å². The molecule has 37 heavy (non-hydrogen) atoms. The van der Waals surface area contributed by atoms with E-state index in [9.17, 15) is 5.26 Å². The van der Waals surface area contributed by atoms with Crippen molar-refractivity contribution in [3.8, 4) is 11.8 Å². The monoisotopic (exact) mass is 534 g/mol. The van der Waals surface area contributed by atoms with Crippen molar-refractivity contribution in [3.63, 3.8) is 0 Å². The average molecular weight is 535 g/mol. The van der Waals surface area contributed by atoms with E-state index in [2.05, 4.69) is 26.2 Å². The zero-order valence-electron chi connectivity index (χ0n) is 20.4. The number of ether oxygens (including phenoxy) is 1. The summed E-state index contributed by atoms with van der Waals surface area (Å²) >= 11 is 3.10. The first kappa shape index (κ1) is 26.4. The Morgan fingerprint density at radius 3 is 2.43 bits per heavy atom. The molecule has 1 aromatic carbocycles. The van der Waals surface area contributed by atoms with E-state index in [-0.39, 0.29) is 7.43 Å². The Labute approximate surface area is 225 Å². The summed E-state index contributed by atoms with van der Waals surface area (Å²) in [5.74, 6) is 2.12. The molecule has 0 spiro atoms. The molecule has 9 nitrogen and oxygen atoms in total. The standard InChI is InChI=1S/C25H26N8OS2.CH4/c1-16-15-36-25(28-16)32-10-8-31(9-11-32)23-20(13-27)22-29-24(35-3)19(12-26)21(14-33(22)30-23)17-4-6-18(34-2)7-5-17;/h4-7,13,15,27H,8-11,14H2,1-3H3;1H4. The highest BCUT2D eigenvalue weighted by Gasteiger charge is 2.29. The van der Waals surface area contributed by atoms with Crippen LogP contribution in [-0.4, -0.2) is 65.6 Å². The minimum Gasteiger partial charge on any atom is -0.497 e. The zero-order valence-corrected chi connectivity index (χ0v) is 22.0. The number of rotatable bonds is 5. The summed E-state index contributed by atoms with van der Waals surface area (Å²) < 4.78 is 7.13. The number of methoxy groups -OCH3 is 1. The fraction of sp³-hybridized carbons (Fsp3) is 0.346. The highest BCUT2D eigenvalue weighted by Crippen LogP contribution is 2.37. The minimum absolute atomic E-state index is 0. The second-order valence-corrected chi connectivity index (χ2v) is 10.1. The van der Waals surface area contributed by atoms with E-state index in [4.69, 9.17) is 20.2 Å². The van der Waals surface area contributed by atoms with Gasteiger partial charge in [0, 0.05) is 43.3 Å². The van der Waals surface area contributed by atoms with Gasteiger partial charge in [-0.2, -0.15) is 10.4 Å². The van der Waals surface area contributed by atoms with Crippen LogP contribution in [0.4, 0.5) is 16.8 Å². The Bertz CT molecular complexity index is 1390. The number of aromatic nitrogens is 3. The largest absolute Gasteiger partial charge is 0.497 e. The average Bonchev–Trinajstić information content (AvgIpc) is 3.46. The van der Waals surface area contributed by atoms with Crippen LogP contribution in [0, 0.1) is 23.7 Å². The number of nitrogens with zero attached hydrogens (tertiary/aromatic N) is 7. The molecule has 0 saturated carbocycles. The van der Waals surface area contributed by atoms with Crippen LogP contribution in [0.2, 0.25) is 0 Å². The van der Waals surface area contributed by atoms with Crippen LogP contribution in [0.3, 0.4) is 0 Å². The summed E-state index contributed by atoms with van der Waals surface area (Å²) in [6, 6.07) is 10.0. The van der Waals surface area contributed by atoms with Gasteiger partial charge >= 0.3 is 0 Å². The molecule has 2 aliphatic rings. The molecule has 0 radical (unpaired) electrons. The third kappa shape index (κ3) is 4.99. The molecule has 11 heteroatoms. The lowest BCUT2D eigenvalue weighted by molar-refractivity contribution is 0.415. The number of hydrogen-bond acceptors (Lipinski definition) is 10. The molecule has 0 unspecified atom stereocenters. The number of nitrogens with one attached hydrogen (secondary N) is 1. The van der Waals surface area contributed by atoms with Crippen LogP contribution in [0.1, 0.15) is 24.2 Å². The molecule has 0 bridgehead atoms. The Hall–Kier alpha value is -3.62. The van der Waals surface area contributed by atoms with E-state index < -0.39 is 0 Å². The van der Waals surface area contributed by atoms with Gasteiger partial charge in [-0.05, 0) is 30.9 Å². The highest BCUT2D eigenvalue weighted by molar-refractivity contribution is 8.13. The van der Waals surface area contributed by atoms with Gasteiger partial charge < -0.3 is 19.9 Å². The van der Waals surface area contributed by atoms with E-state index in [0.717, 1.165) is 59.7 Å². The second-order valence-electron chi connectivity index (χ2n) is 8.42. The van der Waals surface area contributed by atoms with Crippen molar-refractivity contribution in [2.45, 2.75) is 20.9 Å². The predicted octanol–water partition coefficient (Wildman–Crippen LogP) is 5.00. The Kier molecular flexibility index (Phi) is 8.00. The predicted molar refractivity (Wildman–Crippen MR) is 154 cm³/mol. The number of fused-ring (bicyclic) bond motifs is 1. The van der Waals surface area contributed by atoms with Crippen molar-refractivity contribution in [3.05, 3.63) is 52.0 Å². The van der Waals surface area contributed by atoms with Crippen molar-refractivity contribution >= 4 is 56.7 Å². The Morgan fingerprint density at radius 1 is 1.16 bits per heavy atom. The molecule has 1 fully saturated rings. The molecule has 3 aromatic rings. The Balaban J connectivity index is 0.00000320. The van der Waals surface area contributed by atoms with Crippen molar-refractivity contribution in [1.29, 1.82) is 10.7 Å². The van der Waals surface area contributed by atoms with Gasteiger partial charge in [-0.25, -0.2) is 14.7 Å². The van der Waals surface area contributed by atoms with Gasteiger partial charge in [0.15, 0.2) is 16.8 Å². The van der Waals surface area contributed by atoms with Crippen molar-refractivity contribution in [2.75, 3.05) is 49.3 Å². The number of aliphatic imine (C=N–C) groups is 1. The molecule has 0 amide bonds. The molecular formula is C26H30N8OS2. The highest BCUT2D eigenvalue weighted by atomic mass is 32.2. The first-order chi connectivity index (χ1) is 17.6. The quantitative estimate of drug-likeness (QED) is 0.459.